The number of methoxy groups -OCH3 is 2. The average molecular weight is 486 g/mol. The lowest BCUT2D eigenvalue weighted by Crippen LogP contribution is -2.32. The molecular formula is C27H27N5O4. The summed E-state index contributed by atoms with van der Waals surface area (Å²) in [6.45, 7) is 0. The maximum Gasteiger partial charge on any atom is 0.260 e. The van der Waals surface area contributed by atoms with Crippen LogP contribution in [0.25, 0.3) is 0 Å². The SMILES string of the molecule is COc1ccc([C@@H]2C[C@H](c3ccc(OC)cc3)n3nc(N4C(=O)[C@H]5CC=CC[C@H]5C4=O)nc3N2)cc1. The summed E-state index contributed by atoms with van der Waals surface area (Å²) in [5, 5.41) is 8.17. The van der Waals surface area contributed by atoms with Crippen molar-refractivity contribution in [3.05, 3.63) is 71.8 Å². The first kappa shape index (κ1) is 22.3. The van der Waals surface area contributed by atoms with Gasteiger partial charge in [-0.15, -0.1) is 5.10 Å². The van der Waals surface area contributed by atoms with Gasteiger partial charge in [0.2, 0.25) is 17.8 Å². The van der Waals surface area contributed by atoms with Crippen LogP contribution in [0.4, 0.5) is 11.9 Å². The van der Waals surface area contributed by atoms with Gasteiger partial charge in [0.25, 0.3) is 5.95 Å². The molecule has 9 heteroatoms. The van der Waals surface area contributed by atoms with Crippen molar-refractivity contribution < 1.29 is 19.1 Å². The van der Waals surface area contributed by atoms with Crippen molar-refractivity contribution in [2.45, 2.75) is 31.3 Å². The van der Waals surface area contributed by atoms with E-state index in [1.54, 1.807) is 18.9 Å². The minimum atomic E-state index is -0.333. The third-order valence-corrected chi connectivity index (χ3v) is 7.40. The largest absolute Gasteiger partial charge is 0.497 e. The van der Waals surface area contributed by atoms with Crippen molar-refractivity contribution >= 4 is 23.7 Å². The van der Waals surface area contributed by atoms with Crippen molar-refractivity contribution in [2.75, 3.05) is 24.4 Å². The minimum absolute atomic E-state index is 0.0516. The zero-order chi connectivity index (χ0) is 24.8. The quantitative estimate of drug-likeness (QED) is 0.432. The molecule has 3 aromatic rings. The fourth-order valence-electron chi connectivity index (χ4n) is 5.42. The zero-order valence-electron chi connectivity index (χ0n) is 20.1. The van der Waals surface area contributed by atoms with E-state index < -0.39 is 0 Å². The fraction of sp³-hybridized carbons (Fsp3) is 0.333. The van der Waals surface area contributed by atoms with E-state index in [2.05, 4.69) is 10.3 Å². The molecular weight excluding hydrogens is 458 g/mol. The van der Waals surface area contributed by atoms with E-state index in [1.807, 2.05) is 60.7 Å². The van der Waals surface area contributed by atoms with Gasteiger partial charge in [0, 0.05) is 0 Å². The molecule has 0 unspecified atom stereocenters. The number of aromatic nitrogens is 3. The van der Waals surface area contributed by atoms with E-state index in [1.165, 1.54) is 4.90 Å². The molecule has 0 saturated carbocycles. The number of imide groups is 1. The third kappa shape index (κ3) is 3.62. The lowest BCUT2D eigenvalue weighted by molar-refractivity contribution is -0.122. The first-order valence-electron chi connectivity index (χ1n) is 12.1. The maximum atomic E-state index is 13.2. The van der Waals surface area contributed by atoms with Crippen LogP contribution < -0.4 is 19.7 Å². The molecule has 0 radical (unpaired) electrons. The summed E-state index contributed by atoms with van der Waals surface area (Å²) in [5.74, 6) is 1.11. The number of amides is 2. The Hall–Kier alpha value is -4.14. The lowest BCUT2D eigenvalue weighted by atomic mass is 9.85. The van der Waals surface area contributed by atoms with Crippen LogP contribution in [0.1, 0.15) is 42.5 Å². The summed E-state index contributed by atoms with van der Waals surface area (Å²) in [4.78, 5) is 32.2. The van der Waals surface area contributed by atoms with Gasteiger partial charge in [0.05, 0.1) is 38.1 Å². The monoisotopic (exact) mass is 485 g/mol. The molecule has 2 aromatic carbocycles. The number of anilines is 2. The minimum Gasteiger partial charge on any atom is -0.497 e. The van der Waals surface area contributed by atoms with Gasteiger partial charge in [-0.25, -0.2) is 9.58 Å². The normalized spacial score (nSPS) is 24.8. The molecule has 6 rings (SSSR count). The van der Waals surface area contributed by atoms with Crippen LogP contribution in [0.5, 0.6) is 11.5 Å². The van der Waals surface area contributed by atoms with Gasteiger partial charge >= 0.3 is 0 Å². The Morgan fingerprint density at radius 3 is 1.94 bits per heavy atom. The summed E-state index contributed by atoms with van der Waals surface area (Å²) in [6.07, 6.45) is 5.80. The van der Waals surface area contributed by atoms with Crippen molar-refractivity contribution in [2.24, 2.45) is 11.8 Å². The van der Waals surface area contributed by atoms with Gasteiger partial charge in [-0.3, -0.25) is 9.59 Å². The first-order valence-corrected chi connectivity index (χ1v) is 12.1. The number of rotatable bonds is 5. The van der Waals surface area contributed by atoms with E-state index in [9.17, 15) is 9.59 Å². The molecule has 2 amide bonds. The number of hydrogen-bond acceptors (Lipinski definition) is 7. The first-order chi connectivity index (χ1) is 17.6. The molecule has 3 heterocycles. The second kappa shape index (κ2) is 8.82. The van der Waals surface area contributed by atoms with E-state index in [-0.39, 0.29) is 41.7 Å². The number of nitrogens with one attached hydrogen (secondary N) is 1. The standard InChI is InChI=1S/C27H27N5O4/c1-35-18-11-7-16(8-12-18)22-15-23(17-9-13-19(36-2)14-10-17)32-26(28-22)29-27(30-32)31-24(33)20-5-3-4-6-21(20)25(31)34/h3-4,7-14,20-23H,5-6,15H2,1-2H3,(H,28,29,30)/t20-,21+,22-,23+/m0/s1. The number of hydrogen-bond donors (Lipinski definition) is 1. The van der Waals surface area contributed by atoms with Crippen molar-refractivity contribution in [3.8, 4) is 11.5 Å². The molecule has 1 saturated heterocycles. The van der Waals surface area contributed by atoms with E-state index >= 15 is 0 Å². The van der Waals surface area contributed by atoms with E-state index in [0.29, 0.717) is 25.2 Å². The Labute approximate surface area is 208 Å². The Morgan fingerprint density at radius 1 is 0.833 bits per heavy atom. The summed E-state index contributed by atoms with van der Waals surface area (Å²) < 4.78 is 12.4. The summed E-state index contributed by atoms with van der Waals surface area (Å²) in [5.41, 5.74) is 2.11. The number of ether oxygens (including phenoxy) is 2. The zero-order valence-corrected chi connectivity index (χ0v) is 20.1. The Bertz CT molecular complexity index is 1310. The highest BCUT2D eigenvalue weighted by Crippen LogP contribution is 2.41. The van der Waals surface area contributed by atoms with Crippen LogP contribution in [0.3, 0.4) is 0 Å². The summed E-state index contributed by atoms with van der Waals surface area (Å²) in [6, 6.07) is 15.6. The van der Waals surface area contributed by atoms with E-state index in [0.717, 1.165) is 22.6 Å². The third-order valence-electron chi connectivity index (χ3n) is 7.40. The molecule has 36 heavy (non-hydrogen) atoms. The second-order valence-electron chi connectivity index (χ2n) is 9.34. The number of carbonyl (C=O) groups excluding carboxylic acids is 2. The van der Waals surface area contributed by atoms with Gasteiger partial charge in [0.1, 0.15) is 11.5 Å². The lowest BCUT2D eigenvalue weighted by Gasteiger charge is -2.31. The van der Waals surface area contributed by atoms with E-state index in [4.69, 9.17) is 14.6 Å². The highest BCUT2D eigenvalue weighted by Gasteiger charge is 2.50. The topological polar surface area (TPSA) is 98.6 Å². The molecule has 1 aliphatic carbocycles. The molecule has 1 aromatic heterocycles. The predicted molar refractivity (Wildman–Crippen MR) is 133 cm³/mol. The van der Waals surface area contributed by atoms with Crippen LogP contribution in [0.2, 0.25) is 0 Å². The van der Waals surface area contributed by atoms with Crippen molar-refractivity contribution in [1.29, 1.82) is 0 Å². The van der Waals surface area contributed by atoms with Gasteiger partial charge in [-0.2, -0.15) is 4.98 Å². The Balaban J connectivity index is 1.38. The number of fused-ring (bicyclic) bond motifs is 2. The van der Waals surface area contributed by atoms with Gasteiger partial charge < -0.3 is 14.8 Å². The van der Waals surface area contributed by atoms with Crippen LogP contribution in [-0.4, -0.2) is 40.8 Å². The second-order valence-corrected chi connectivity index (χ2v) is 9.34. The summed E-state index contributed by atoms with van der Waals surface area (Å²) >= 11 is 0. The summed E-state index contributed by atoms with van der Waals surface area (Å²) in [7, 11) is 3.28. The number of benzene rings is 2. The fourth-order valence-corrected chi connectivity index (χ4v) is 5.42. The van der Waals surface area contributed by atoms with Crippen LogP contribution in [0, 0.1) is 11.8 Å². The van der Waals surface area contributed by atoms with Crippen LogP contribution >= 0.6 is 0 Å². The molecule has 184 valence electrons. The van der Waals surface area contributed by atoms with Crippen LogP contribution in [-0.2, 0) is 9.59 Å². The highest BCUT2D eigenvalue weighted by atomic mass is 16.5. The smallest absolute Gasteiger partial charge is 0.260 e. The molecule has 2 aliphatic heterocycles. The van der Waals surface area contributed by atoms with Gasteiger partial charge in [-0.05, 0) is 54.7 Å². The molecule has 4 atom stereocenters. The van der Waals surface area contributed by atoms with Crippen molar-refractivity contribution in [1.82, 2.24) is 14.8 Å². The Kier molecular flexibility index (Phi) is 5.47. The van der Waals surface area contributed by atoms with Crippen LogP contribution in [0.15, 0.2) is 60.7 Å². The maximum absolute atomic E-state index is 13.2. The molecule has 0 spiro atoms. The van der Waals surface area contributed by atoms with Gasteiger partial charge in [0.15, 0.2) is 0 Å². The molecule has 0 bridgehead atoms. The number of nitrogens with zero attached hydrogens (tertiary/aromatic N) is 4. The van der Waals surface area contributed by atoms with Gasteiger partial charge in [-0.1, -0.05) is 36.4 Å². The molecule has 9 nitrogen and oxygen atoms in total. The highest BCUT2D eigenvalue weighted by molar-refractivity contribution is 6.21. The number of carbonyl (C=O) groups is 2. The average Bonchev–Trinajstić information content (AvgIpc) is 3.46. The molecule has 3 aliphatic rings. The molecule has 1 N–H and O–H groups in total. The Morgan fingerprint density at radius 2 is 1.39 bits per heavy atom. The molecule has 1 fully saturated rings. The predicted octanol–water partition coefficient (Wildman–Crippen LogP) is 3.90. The number of allylic oxidation sites excluding steroid dienone is 2. The van der Waals surface area contributed by atoms with Crippen molar-refractivity contribution in [3.63, 3.8) is 0 Å².